The van der Waals surface area contributed by atoms with Gasteiger partial charge in [-0.2, -0.15) is 4.98 Å². The number of nitrogens with one attached hydrogen (secondary N) is 1. The van der Waals surface area contributed by atoms with Gasteiger partial charge in [-0.05, 0) is 66.6 Å². The second kappa shape index (κ2) is 9.17. The monoisotopic (exact) mass is 413 g/mol. The average molecular weight is 413 g/mol. The van der Waals surface area contributed by atoms with E-state index < -0.39 is 0 Å². The minimum atomic E-state index is -0.326. The Hall–Kier alpha value is -4.06. The molecule has 0 saturated carbocycles. The van der Waals surface area contributed by atoms with Crippen LogP contribution in [-0.2, 0) is 6.42 Å². The molecule has 1 N–H and O–H groups in total. The molecule has 31 heavy (non-hydrogen) atoms. The molecule has 154 valence electrons. The quantitative estimate of drug-likeness (QED) is 0.428. The number of amides is 1. The Labute approximate surface area is 179 Å². The van der Waals surface area contributed by atoms with Crippen molar-refractivity contribution in [2.24, 2.45) is 0 Å². The van der Waals surface area contributed by atoms with Crippen molar-refractivity contribution >= 4 is 11.6 Å². The number of rotatable bonds is 6. The summed E-state index contributed by atoms with van der Waals surface area (Å²) in [6.07, 6.45) is 2.51. The van der Waals surface area contributed by atoms with Crippen LogP contribution in [0.25, 0.3) is 11.4 Å². The second-order valence-corrected chi connectivity index (χ2v) is 6.86. The summed E-state index contributed by atoms with van der Waals surface area (Å²) < 4.78 is 19.0. The van der Waals surface area contributed by atoms with Gasteiger partial charge >= 0.3 is 0 Å². The Balaban J connectivity index is 1.48. The third kappa shape index (κ3) is 5.11. The zero-order chi connectivity index (χ0) is 21.6. The Morgan fingerprint density at radius 2 is 1.77 bits per heavy atom. The number of ether oxygens (including phenoxy) is 1. The molecule has 4 rings (SSSR count). The lowest BCUT2D eigenvalue weighted by atomic mass is 10.1. The van der Waals surface area contributed by atoms with E-state index >= 15 is 0 Å². The topological polar surface area (TPSA) is 64.1 Å². The largest absolute Gasteiger partial charge is 0.439 e. The van der Waals surface area contributed by atoms with Crippen LogP contribution in [-0.4, -0.2) is 15.9 Å². The predicted molar refractivity (Wildman–Crippen MR) is 118 cm³/mol. The summed E-state index contributed by atoms with van der Waals surface area (Å²) in [4.78, 5) is 21.2. The van der Waals surface area contributed by atoms with Crippen molar-refractivity contribution in [1.29, 1.82) is 0 Å². The van der Waals surface area contributed by atoms with Crippen molar-refractivity contribution in [3.8, 4) is 23.0 Å². The van der Waals surface area contributed by atoms with Gasteiger partial charge in [0.05, 0.1) is 0 Å². The van der Waals surface area contributed by atoms with E-state index in [9.17, 15) is 9.18 Å². The molecule has 0 spiro atoms. The van der Waals surface area contributed by atoms with E-state index in [1.54, 1.807) is 48.7 Å². The van der Waals surface area contributed by atoms with E-state index in [-0.39, 0.29) is 11.7 Å². The number of benzene rings is 3. The van der Waals surface area contributed by atoms with Crippen LogP contribution >= 0.6 is 0 Å². The van der Waals surface area contributed by atoms with Gasteiger partial charge in [0.2, 0.25) is 5.88 Å². The van der Waals surface area contributed by atoms with Crippen LogP contribution in [0.5, 0.6) is 11.6 Å². The molecular formula is C25H20FN3O2. The highest BCUT2D eigenvalue weighted by Gasteiger charge is 2.09. The fourth-order valence-corrected chi connectivity index (χ4v) is 2.99. The van der Waals surface area contributed by atoms with E-state index in [0.29, 0.717) is 28.6 Å². The second-order valence-electron chi connectivity index (χ2n) is 6.86. The first kappa shape index (κ1) is 20.2. The van der Waals surface area contributed by atoms with Crippen LogP contribution in [0, 0.1) is 5.82 Å². The first-order chi connectivity index (χ1) is 15.1. The number of hydrogen-bond acceptors (Lipinski definition) is 4. The van der Waals surface area contributed by atoms with E-state index in [1.165, 1.54) is 17.7 Å². The van der Waals surface area contributed by atoms with Gasteiger partial charge < -0.3 is 10.1 Å². The Morgan fingerprint density at radius 1 is 1.00 bits per heavy atom. The maximum atomic E-state index is 13.1. The van der Waals surface area contributed by atoms with E-state index in [2.05, 4.69) is 22.2 Å². The van der Waals surface area contributed by atoms with Crippen molar-refractivity contribution in [3.63, 3.8) is 0 Å². The molecule has 0 aliphatic rings. The summed E-state index contributed by atoms with van der Waals surface area (Å²) >= 11 is 0. The number of carbonyl (C=O) groups is 1. The average Bonchev–Trinajstić information content (AvgIpc) is 2.80. The highest BCUT2D eigenvalue weighted by molar-refractivity contribution is 6.04. The number of aromatic nitrogens is 2. The molecule has 0 aliphatic carbocycles. The molecule has 1 aromatic heterocycles. The van der Waals surface area contributed by atoms with Crippen LogP contribution in [0.4, 0.5) is 10.1 Å². The molecule has 0 bridgehead atoms. The molecule has 5 nitrogen and oxygen atoms in total. The fourth-order valence-electron chi connectivity index (χ4n) is 2.99. The molecule has 0 aliphatic heterocycles. The summed E-state index contributed by atoms with van der Waals surface area (Å²) in [6, 6.07) is 22.1. The zero-order valence-corrected chi connectivity index (χ0v) is 16.9. The van der Waals surface area contributed by atoms with Crippen LogP contribution in [0.2, 0.25) is 0 Å². The van der Waals surface area contributed by atoms with Crippen LogP contribution in [0.3, 0.4) is 0 Å². The van der Waals surface area contributed by atoms with Crippen LogP contribution in [0.15, 0.2) is 85.1 Å². The third-order valence-corrected chi connectivity index (χ3v) is 4.67. The molecule has 1 amide bonds. The summed E-state index contributed by atoms with van der Waals surface area (Å²) in [5, 5.41) is 2.89. The minimum Gasteiger partial charge on any atom is -0.439 e. The minimum absolute atomic E-state index is 0.232. The summed E-state index contributed by atoms with van der Waals surface area (Å²) in [6.45, 7) is 2.08. The predicted octanol–water partition coefficient (Wildman–Crippen LogP) is 5.89. The molecule has 0 unspecified atom stereocenters. The highest BCUT2D eigenvalue weighted by atomic mass is 19.1. The lowest BCUT2D eigenvalue weighted by Gasteiger charge is -2.09. The zero-order valence-electron chi connectivity index (χ0n) is 16.9. The van der Waals surface area contributed by atoms with E-state index in [1.807, 2.05) is 24.3 Å². The van der Waals surface area contributed by atoms with Gasteiger partial charge in [-0.25, -0.2) is 9.37 Å². The summed E-state index contributed by atoms with van der Waals surface area (Å²) in [5.41, 5.74) is 3.07. The molecule has 1 heterocycles. The molecule has 0 saturated heterocycles. The van der Waals surface area contributed by atoms with Gasteiger partial charge in [0.1, 0.15) is 11.6 Å². The number of nitrogens with zero attached hydrogens (tertiary/aromatic N) is 2. The van der Waals surface area contributed by atoms with Gasteiger partial charge in [-0.15, -0.1) is 0 Å². The van der Waals surface area contributed by atoms with Gasteiger partial charge in [-0.3, -0.25) is 4.79 Å². The van der Waals surface area contributed by atoms with E-state index in [4.69, 9.17) is 4.74 Å². The highest BCUT2D eigenvalue weighted by Crippen LogP contribution is 2.23. The van der Waals surface area contributed by atoms with Crippen molar-refractivity contribution in [2.45, 2.75) is 13.3 Å². The summed E-state index contributed by atoms with van der Waals surface area (Å²) in [7, 11) is 0. The van der Waals surface area contributed by atoms with Gasteiger partial charge in [-0.1, -0.05) is 25.1 Å². The molecule has 6 heteroatoms. The standard InChI is InChI=1S/C25H20FN3O2/c1-2-17-6-12-21(13-7-17)28-25(30)19-4-3-5-22(16-19)31-23-14-15-27-24(29-23)18-8-10-20(26)11-9-18/h3-16H,2H2,1H3,(H,28,30). The van der Waals surface area contributed by atoms with Crippen molar-refractivity contribution in [2.75, 3.05) is 5.32 Å². The number of anilines is 1. The molecule has 0 atom stereocenters. The van der Waals surface area contributed by atoms with Crippen LogP contribution < -0.4 is 10.1 Å². The number of hydrogen-bond donors (Lipinski definition) is 1. The van der Waals surface area contributed by atoms with Gasteiger partial charge in [0, 0.05) is 29.1 Å². The van der Waals surface area contributed by atoms with E-state index in [0.717, 1.165) is 12.1 Å². The number of carbonyl (C=O) groups excluding carboxylic acids is 1. The molecular weight excluding hydrogens is 393 g/mol. The van der Waals surface area contributed by atoms with Crippen LogP contribution in [0.1, 0.15) is 22.8 Å². The first-order valence-corrected chi connectivity index (χ1v) is 9.88. The van der Waals surface area contributed by atoms with Gasteiger partial charge in [0.25, 0.3) is 5.91 Å². The smallest absolute Gasteiger partial charge is 0.255 e. The molecule has 3 aromatic carbocycles. The third-order valence-electron chi connectivity index (χ3n) is 4.67. The number of aryl methyl sites for hydroxylation is 1. The Bertz CT molecular complexity index is 1190. The normalized spacial score (nSPS) is 10.5. The lowest BCUT2D eigenvalue weighted by molar-refractivity contribution is 0.102. The maximum Gasteiger partial charge on any atom is 0.255 e. The Morgan fingerprint density at radius 3 is 2.52 bits per heavy atom. The van der Waals surface area contributed by atoms with Gasteiger partial charge in [0.15, 0.2) is 5.82 Å². The maximum absolute atomic E-state index is 13.1. The fraction of sp³-hybridized carbons (Fsp3) is 0.0800. The molecule has 0 fully saturated rings. The van der Waals surface area contributed by atoms with Crippen molar-refractivity contribution in [1.82, 2.24) is 9.97 Å². The first-order valence-electron chi connectivity index (χ1n) is 9.88. The summed E-state index contributed by atoms with van der Waals surface area (Å²) in [5.74, 6) is 0.652. The lowest BCUT2D eigenvalue weighted by Crippen LogP contribution is -2.11. The van der Waals surface area contributed by atoms with Crippen molar-refractivity contribution < 1.29 is 13.9 Å². The molecule has 4 aromatic rings. The van der Waals surface area contributed by atoms with Crippen molar-refractivity contribution in [3.05, 3.63) is 102 Å². The Kier molecular flexibility index (Phi) is 5.98. The number of halogens is 1. The molecule has 0 radical (unpaired) electrons. The SMILES string of the molecule is CCc1ccc(NC(=O)c2cccc(Oc3ccnc(-c4ccc(F)cc4)n3)c2)cc1.